The molecule has 0 spiro atoms. The van der Waals surface area contributed by atoms with Gasteiger partial charge in [0, 0.05) is 30.5 Å². The summed E-state index contributed by atoms with van der Waals surface area (Å²) in [6.07, 6.45) is 4.78. The van der Waals surface area contributed by atoms with Crippen LogP contribution in [0.5, 0.6) is 0 Å². The third-order valence-corrected chi connectivity index (χ3v) is 4.74. The van der Waals surface area contributed by atoms with Gasteiger partial charge in [-0.05, 0) is 61.1 Å². The first kappa shape index (κ1) is 16.2. The Hall–Kier alpha value is -2.67. The summed E-state index contributed by atoms with van der Waals surface area (Å²) in [5.41, 5.74) is 4.36. The van der Waals surface area contributed by atoms with Crippen LogP contribution in [0.15, 0.2) is 42.7 Å². The van der Waals surface area contributed by atoms with Crippen molar-refractivity contribution in [2.75, 3.05) is 11.4 Å². The number of aromatic nitrogens is 1. The summed E-state index contributed by atoms with van der Waals surface area (Å²) < 4.78 is 0. The van der Waals surface area contributed by atoms with E-state index in [-0.39, 0.29) is 17.7 Å². The molecule has 4 heteroatoms. The lowest BCUT2D eigenvalue weighted by Crippen LogP contribution is -2.33. The van der Waals surface area contributed by atoms with Gasteiger partial charge in [-0.2, -0.15) is 5.26 Å². The Kier molecular flexibility index (Phi) is 4.61. The van der Waals surface area contributed by atoms with Gasteiger partial charge in [-0.1, -0.05) is 12.1 Å². The van der Waals surface area contributed by atoms with Crippen molar-refractivity contribution >= 4 is 11.6 Å². The van der Waals surface area contributed by atoms with Gasteiger partial charge < -0.3 is 4.90 Å². The standard InChI is InChI=1S/C20H21N3O/c1-14-6-7-17(11-15(14)2)23(10-4-8-21)20(24)19-12-18(19)16-5-3-9-22-13-16/h3,5-7,9,11,13,18-19H,4,10,12H2,1-2H3/t18-,19-/m1/s1. The Bertz CT molecular complexity index is 779. The first-order valence-corrected chi connectivity index (χ1v) is 8.27. The van der Waals surface area contributed by atoms with E-state index in [1.165, 1.54) is 5.56 Å². The van der Waals surface area contributed by atoms with E-state index in [0.29, 0.717) is 13.0 Å². The number of carbonyl (C=O) groups excluding carboxylic acids is 1. The Balaban J connectivity index is 1.80. The van der Waals surface area contributed by atoms with Crippen LogP contribution in [0, 0.1) is 31.1 Å². The van der Waals surface area contributed by atoms with Crippen molar-refractivity contribution in [3.63, 3.8) is 0 Å². The molecule has 2 atom stereocenters. The Morgan fingerprint density at radius 3 is 2.83 bits per heavy atom. The van der Waals surface area contributed by atoms with Gasteiger partial charge in [0.05, 0.1) is 12.5 Å². The summed E-state index contributed by atoms with van der Waals surface area (Å²) in [7, 11) is 0. The van der Waals surface area contributed by atoms with E-state index >= 15 is 0 Å². The number of aryl methyl sites for hydroxylation is 2. The van der Waals surface area contributed by atoms with Crippen molar-refractivity contribution in [2.24, 2.45) is 5.92 Å². The summed E-state index contributed by atoms with van der Waals surface area (Å²) in [4.78, 5) is 18.9. The number of nitrogens with zero attached hydrogens (tertiary/aromatic N) is 3. The fraction of sp³-hybridized carbons (Fsp3) is 0.350. The fourth-order valence-corrected chi connectivity index (χ4v) is 3.05. The second-order valence-corrected chi connectivity index (χ2v) is 6.40. The molecule has 0 saturated heterocycles. The highest BCUT2D eigenvalue weighted by atomic mass is 16.2. The van der Waals surface area contributed by atoms with Gasteiger partial charge in [-0.3, -0.25) is 9.78 Å². The van der Waals surface area contributed by atoms with Crippen LogP contribution in [0.4, 0.5) is 5.69 Å². The van der Waals surface area contributed by atoms with Gasteiger partial charge >= 0.3 is 0 Å². The molecule has 1 fully saturated rings. The number of hydrogen-bond donors (Lipinski definition) is 0. The maximum absolute atomic E-state index is 13.0. The maximum atomic E-state index is 13.0. The number of anilines is 1. The van der Waals surface area contributed by atoms with Crippen molar-refractivity contribution in [3.05, 3.63) is 59.4 Å². The molecule has 3 rings (SSSR count). The van der Waals surface area contributed by atoms with E-state index in [4.69, 9.17) is 5.26 Å². The molecule has 1 aliphatic carbocycles. The van der Waals surface area contributed by atoms with E-state index in [1.54, 1.807) is 11.1 Å². The minimum Gasteiger partial charge on any atom is -0.311 e. The molecule has 0 N–H and O–H groups in total. The van der Waals surface area contributed by atoms with E-state index in [1.807, 2.05) is 43.5 Å². The lowest BCUT2D eigenvalue weighted by Gasteiger charge is -2.23. The molecule has 1 saturated carbocycles. The van der Waals surface area contributed by atoms with Gasteiger partial charge in [0.1, 0.15) is 0 Å². The highest BCUT2D eigenvalue weighted by molar-refractivity contribution is 5.97. The molecular weight excluding hydrogens is 298 g/mol. The number of carbonyl (C=O) groups is 1. The van der Waals surface area contributed by atoms with E-state index < -0.39 is 0 Å². The first-order chi connectivity index (χ1) is 11.6. The largest absolute Gasteiger partial charge is 0.311 e. The van der Waals surface area contributed by atoms with Crippen LogP contribution in [-0.2, 0) is 4.79 Å². The lowest BCUT2D eigenvalue weighted by atomic mass is 10.1. The average molecular weight is 319 g/mol. The van der Waals surface area contributed by atoms with Crippen LogP contribution >= 0.6 is 0 Å². The molecule has 0 radical (unpaired) electrons. The molecule has 1 heterocycles. The molecule has 0 bridgehead atoms. The van der Waals surface area contributed by atoms with Crippen molar-refractivity contribution < 1.29 is 4.79 Å². The first-order valence-electron chi connectivity index (χ1n) is 8.27. The molecule has 1 aliphatic rings. The minimum atomic E-state index is -0.00509. The van der Waals surface area contributed by atoms with Crippen molar-refractivity contribution in [1.82, 2.24) is 4.98 Å². The van der Waals surface area contributed by atoms with Gasteiger partial charge in [-0.15, -0.1) is 0 Å². The Labute approximate surface area is 142 Å². The van der Waals surface area contributed by atoms with E-state index in [9.17, 15) is 4.79 Å². The molecule has 0 unspecified atom stereocenters. The van der Waals surface area contributed by atoms with E-state index in [2.05, 4.69) is 18.0 Å². The molecule has 122 valence electrons. The van der Waals surface area contributed by atoms with Crippen LogP contribution in [-0.4, -0.2) is 17.4 Å². The molecule has 1 aromatic heterocycles. The topological polar surface area (TPSA) is 57.0 Å². The second kappa shape index (κ2) is 6.84. The fourth-order valence-electron chi connectivity index (χ4n) is 3.05. The number of benzene rings is 1. The molecule has 2 aromatic rings. The van der Waals surface area contributed by atoms with Gasteiger partial charge in [0.15, 0.2) is 0 Å². The summed E-state index contributed by atoms with van der Waals surface area (Å²) >= 11 is 0. The van der Waals surface area contributed by atoms with Crippen molar-refractivity contribution in [3.8, 4) is 6.07 Å². The SMILES string of the molecule is Cc1ccc(N(CCC#N)C(=O)[C@@H]2C[C@@H]2c2cccnc2)cc1C. The molecule has 24 heavy (non-hydrogen) atoms. The smallest absolute Gasteiger partial charge is 0.230 e. The van der Waals surface area contributed by atoms with Crippen LogP contribution in [0.2, 0.25) is 0 Å². The zero-order valence-electron chi connectivity index (χ0n) is 14.1. The maximum Gasteiger partial charge on any atom is 0.230 e. The third kappa shape index (κ3) is 3.30. The number of hydrogen-bond acceptors (Lipinski definition) is 3. The molecular formula is C20H21N3O. The highest BCUT2D eigenvalue weighted by Crippen LogP contribution is 2.48. The predicted molar refractivity (Wildman–Crippen MR) is 93.6 cm³/mol. The summed E-state index contributed by atoms with van der Waals surface area (Å²) in [5.74, 6) is 0.360. The number of pyridine rings is 1. The molecule has 1 aromatic carbocycles. The minimum absolute atomic E-state index is 0.00509. The van der Waals surface area contributed by atoms with Crippen LogP contribution in [0.25, 0.3) is 0 Å². The average Bonchev–Trinajstić information content (AvgIpc) is 3.39. The molecule has 1 amide bonds. The quantitative estimate of drug-likeness (QED) is 0.843. The Morgan fingerprint density at radius 2 is 2.17 bits per heavy atom. The zero-order chi connectivity index (χ0) is 17.1. The monoisotopic (exact) mass is 319 g/mol. The third-order valence-electron chi connectivity index (χ3n) is 4.74. The van der Waals surface area contributed by atoms with E-state index in [0.717, 1.165) is 23.2 Å². The summed E-state index contributed by atoms with van der Waals surface area (Å²) in [6.45, 7) is 4.54. The van der Waals surface area contributed by atoms with Crippen molar-refractivity contribution in [1.29, 1.82) is 5.26 Å². The summed E-state index contributed by atoms with van der Waals surface area (Å²) in [6, 6.07) is 12.1. The number of amides is 1. The van der Waals surface area contributed by atoms with Gasteiger partial charge in [-0.25, -0.2) is 0 Å². The number of nitriles is 1. The van der Waals surface area contributed by atoms with Crippen LogP contribution in [0.1, 0.15) is 35.4 Å². The second-order valence-electron chi connectivity index (χ2n) is 6.40. The summed E-state index contributed by atoms with van der Waals surface area (Å²) in [5, 5.41) is 8.93. The van der Waals surface area contributed by atoms with Gasteiger partial charge in [0.25, 0.3) is 0 Å². The Morgan fingerprint density at radius 1 is 1.33 bits per heavy atom. The van der Waals surface area contributed by atoms with Gasteiger partial charge in [0.2, 0.25) is 5.91 Å². The number of rotatable bonds is 5. The normalized spacial score (nSPS) is 18.7. The predicted octanol–water partition coefficient (Wildman–Crippen LogP) is 3.75. The lowest BCUT2D eigenvalue weighted by molar-refractivity contribution is -0.119. The molecule has 4 nitrogen and oxygen atoms in total. The molecule has 0 aliphatic heterocycles. The van der Waals surface area contributed by atoms with Crippen LogP contribution in [0.3, 0.4) is 0 Å². The zero-order valence-corrected chi connectivity index (χ0v) is 14.1. The van der Waals surface area contributed by atoms with Crippen LogP contribution < -0.4 is 4.90 Å². The van der Waals surface area contributed by atoms with Crippen molar-refractivity contribution in [2.45, 2.75) is 32.6 Å². The highest BCUT2D eigenvalue weighted by Gasteiger charge is 2.46.